The summed E-state index contributed by atoms with van der Waals surface area (Å²) in [6, 6.07) is 9.64. The Morgan fingerprint density at radius 1 is 0.957 bits per heavy atom. The van der Waals surface area contributed by atoms with Gasteiger partial charge in [-0.05, 0) is 37.8 Å². The van der Waals surface area contributed by atoms with E-state index in [9.17, 15) is 9.59 Å². The van der Waals surface area contributed by atoms with Gasteiger partial charge in [-0.2, -0.15) is 0 Å². The van der Waals surface area contributed by atoms with Crippen molar-refractivity contribution in [2.24, 2.45) is 0 Å². The summed E-state index contributed by atoms with van der Waals surface area (Å²) in [4.78, 5) is 23.7. The van der Waals surface area contributed by atoms with E-state index in [4.69, 9.17) is 0 Å². The SMILES string of the molecule is O=C(CCCCCNC(=O)c1ccccc1)NC1CCCCC1. The summed E-state index contributed by atoms with van der Waals surface area (Å²) >= 11 is 0. The lowest BCUT2D eigenvalue weighted by atomic mass is 9.95. The van der Waals surface area contributed by atoms with Crippen LogP contribution in [-0.2, 0) is 4.79 Å². The van der Waals surface area contributed by atoms with Gasteiger partial charge in [-0.3, -0.25) is 9.59 Å². The Balaban J connectivity index is 1.49. The molecule has 4 nitrogen and oxygen atoms in total. The van der Waals surface area contributed by atoms with Gasteiger partial charge in [-0.25, -0.2) is 0 Å². The first kappa shape index (κ1) is 17.5. The Labute approximate surface area is 139 Å². The predicted molar refractivity (Wildman–Crippen MR) is 92.3 cm³/mol. The lowest BCUT2D eigenvalue weighted by molar-refractivity contribution is -0.122. The summed E-state index contributed by atoms with van der Waals surface area (Å²) in [5.41, 5.74) is 0.694. The van der Waals surface area contributed by atoms with E-state index in [1.54, 1.807) is 0 Å². The predicted octanol–water partition coefficient (Wildman–Crippen LogP) is 3.43. The Kier molecular flexibility index (Phi) is 7.64. The van der Waals surface area contributed by atoms with E-state index in [0.717, 1.165) is 32.1 Å². The van der Waals surface area contributed by atoms with Crippen LogP contribution in [0.3, 0.4) is 0 Å². The van der Waals surface area contributed by atoms with E-state index < -0.39 is 0 Å². The highest BCUT2D eigenvalue weighted by Gasteiger charge is 2.15. The van der Waals surface area contributed by atoms with Crippen molar-refractivity contribution in [1.82, 2.24) is 10.6 Å². The standard InChI is InChI=1S/C19H28N2O2/c22-18(21-17-12-6-2-7-13-17)14-8-3-9-15-20-19(23)16-10-4-1-5-11-16/h1,4-5,10-11,17H,2-3,6-9,12-15H2,(H,20,23)(H,21,22). The van der Waals surface area contributed by atoms with Gasteiger partial charge in [0.2, 0.25) is 5.91 Å². The molecule has 126 valence electrons. The number of benzene rings is 1. The van der Waals surface area contributed by atoms with Crippen molar-refractivity contribution < 1.29 is 9.59 Å². The van der Waals surface area contributed by atoms with E-state index in [0.29, 0.717) is 24.6 Å². The van der Waals surface area contributed by atoms with Gasteiger partial charge in [0.25, 0.3) is 5.91 Å². The molecule has 1 aliphatic carbocycles. The average Bonchev–Trinajstić information content (AvgIpc) is 2.59. The molecular weight excluding hydrogens is 288 g/mol. The third-order valence-corrected chi connectivity index (χ3v) is 4.37. The van der Waals surface area contributed by atoms with Crippen molar-refractivity contribution in [3.05, 3.63) is 35.9 Å². The monoisotopic (exact) mass is 316 g/mol. The van der Waals surface area contributed by atoms with Gasteiger partial charge in [-0.1, -0.05) is 43.9 Å². The normalized spacial score (nSPS) is 15.1. The Bertz CT molecular complexity index is 481. The highest BCUT2D eigenvalue weighted by molar-refractivity contribution is 5.94. The summed E-state index contributed by atoms with van der Waals surface area (Å²) in [7, 11) is 0. The first-order valence-electron chi connectivity index (χ1n) is 8.88. The van der Waals surface area contributed by atoms with Gasteiger partial charge in [0.05, 0.1) is 0 Å². The number of carbonyl (C=O) groups excluding carboxylic acids is 2. The molecule has 4 heteroatoms. The van der Waals surface area contributed by atoms with E-state index in [2.05, 4.69) is 10.6 Å². The highest BCUT2D eigenvalue weighted by atomic mass is 16.2. The van der Waals surface area contributed by atoms with Crippen LogP contribution in [0.25, 0.3) is 0 Å². The van der Waals surface area contributed by atoms with E-state index >= 15 is 0 Å². The minimum Gasteiger partial charge on any atom is -0.353 e. The number of unbranched alkanes of at least 4 members (excludes halogenated alkanes) is 2. The number of carbonyl (C=O) groups is 2. The minimum absolute atomic E-state index is 0.0272. The molecule has 23 heavy (non-hydrogen) atoms. The Hall–Kier alpha value is -1.84. The van der Waals surface area contributed by atoms with Gasteiger partial charge in [0.1, 0.15) is 0 Å². The summed E-state index contributed by atoms with van der Waals surface area (Å²) in [5, 5.41) is 6.05. The second-order valence-electron chi connectivity index (χ2n) is 6.34. The molecule has 0 saturated heterocycles. The smallest absolute Gasteiger partial charge is 0.251 e. The summed E-state index contributed by atoms with van der Waals surface area (Å²) in [6.45, 7) is 0.665. The largest absolute Gasteiger partial charge is 0.353 e. The Morgan fingerprint density at radius 3 is 2.43 bits per heavy atom. The molecule has 0 bridgehead atoms. The zero-order valence-corrected chi connectivity index (χ0v) is 13.9. The molecule has 0 heterocycles. The van der Waals surface area contributed by atoms with Crippen molar-refractivity contribution in [1.29, 1.82) is 0 Å². The molecule has 1 aliphatic rings. The van der Waals surface area contributed by atoms with Crippen LogP contribution in [0, 0.1) is 0 Å². The maximum Gasteiger partial charge on any atom is 0.251 e. The van der Waals surface area contributed by atoms with Crippen molar-refractivity contribution in [3.8, 4) is 0 Å². The highest BCUT2D eigenvalue weighted by Crippen LogP contribution is 2.17. The molecule has 1 aromatic rings. The number of nitrogens with one attached hydrogen (secondary N) is 2. The van der Waals surface area contributed by atoms with Crippen LogP contribution in [0.5, 0.6) is 0 Å². The van der Waals surface area contributed by atoms with E-state index in [1.165, 1.54) is 19.3 Å². The van der Waals surface area contributed by atoms with Gasteiger partial charge in [0, 0.05) is 24.6 Å². The van der Waals surface area contributed by atoms with Crippen molar-refractivity contribution >= 4 is 11.8 Å². The molecular formula is C19H28N2O2. The Morgan fingerprint density at radius 2 is 1.70 bits per heavy atom. The van der Waals surface area contributed by atoms with Crippen molar-refractivity contribution in [3.63, 3.8) is 0 Å². The molecule has 2 N–H and O–H groups in total. The number of hydrogen-bond donors (Lipinski definition) is 2. The fraction of sp³-hybridized carbons (Fsp3) is 0.579. The maximum atomic E-state index is 11.9. The lowest BCUT2D eigenvalue weighted by Crippen LogP contribution is -2.35. The molecule has 0 aliphatic heterocycles. The molecule has 0 unspecified atom stereocenters. The van der Waals surface area contributed by atoms with Crippen molar-refractivity contribution in [2.45, 2.75) is 63.8 Å². The first-order chi connectivity index (χ1) is 11.3. The van der Waals surface area contributed by atoms with Crippen LogP contribution in [0.15, 0.2) is 30.3 Å². The van der Waals surface area contributed by atoms with Gasteiger partial charge < -0.3 is 10.6 Å². The molecule has 0 spiro atoms. The van der Waals surface area contributed by atoms with Gasteiger partial charge in [-0.15, -0.1) is 0 Å². The number of amides is 2. The third-order valence-electron chi connectivity index (χ3n) is 4.37. The topological polar surface area (TPSA) is 58.2 Å². The minimum atomic E-state index is -0.0272. The van der Waals surface area contributed by atoms with Gasteiger partial charge in [0.15, 0.2) is 0 Å². The van der Waals surface area contributed by atoms with Crippen LogP contribution in [-0.4, -0.2) is 24.4 Å². The zero-order valence-electron chi connectivity index (χ0n) is 13.9. The zero-order chi connectivity index (χ0) is 16.3. The summed E-state index contributed by atoms with van der Waals surface area (Å²) in [5.74, 6) is 0.158. The van der Waals surface area contributed by atoms with E-state index in [1.807, 2.05) is 30.3 Å². The quantitative estimate of drug-likeness (QED) is 0.722. The fourth-order valence-corrected chi connectivity index (χ4v) is 3.03. The molecule has 1 saturated carbocycles. The number of hydrogen-bond acceptors (Lipinski definition) is 2. The summed E-state index contributed by atoms with van der Waals surface area (Å²) in [6.07, 6.45) is 9.43. The molecule has 0 atom stereocenters. The molecule has 1 aromatic carbocycles. The first-order valence-corrected chi connectivity index (χ1v) is 8.88. The van der Waals surface area contributed by atoms with Crippen molar-refractivity contribution in [2.75, 3.05) is 6.54 Å². The number of rotatable bonds is 8. The second-order valence-corrected chi connectivity index (χ2v) is 6.34. The lowest BCUT2D eigenvalue weighted by Gasteiger charge is -2.22. The molecule has 1 fully saturated rings. The maximum absolute atomic E-state index is 11.9. The van der Waals surface area contributed by atoms with Crippen LogP contribution in [0.2, 0.25) is 0 Å². The average molecular weight is 316 g/mol. The third kappa shape index (κ3) is 6.85. The van der Waals surface area contributed by atoms with Crippen LogP contribution in [0.1, 0.15) is 68.1 Å². The van der Waals surface area contributed by atoms with Gasteiger partial charge >= 0.3 is 0 Å². The molecule has 0 aromatic heterocycles. The van der Waals surface area contributed by atoms with Crippen LogP contribution >= 0.6 is 0 Å². The summed E-state index contributed by atoms with van der Waals surface area (Å²) < 4.78 is 0. The molecule has 2 amide bonds. The molecule has 2 rings (SSSR count). The van der Waals surface area contributed by atoms with Crippen LogP contribution in [0.4, 0.5) is 0 Å². The van der Waals surface area contributed by atoms with E-state index in [-0.39, 0.29) is 11.8 Å². The second kappa shape index (κ2) is 10.0. The van der Waals surface area contributed by atoms with Crippen LogP contribution < -0.4 is 10.6 Å². The molecule has 0 radical (unpaired) electrons. The fourth-order valence-electron chi connectivity index (χ4n) is 3.03.